The molecular formula is C9H4BrClFN3S. The molecule has 2 aromatic heterocycles. The van der Waals surface area contributed by atoms with Crippen LogP contribution >= 0.6 is 39.3 Å². The Bertz CT molecular complexity index is 526. The van der Waals surface area contributed by atoms with Gasteiger partial charge in [-0.25, -0.2) is 19.3 Å². The second-order valence-electron chi connectivity index (χ2n) is 2.68. The summed E-state index contributed by atoms with van der Waals surface area (Å²) in [5.41, 5.74) is 0. The Morgan fingerprint density at radius 3 is 2.88 bits per heavy atom. The minimum atomic E-state index is -0.521. The fourth-order valence-corrected chi connectivity index (χ4v) is 2.37. The largest absolute Gasteiger partial charge is 0.248 e. The van der Waals surface area contributed by atoms with Crippen LogP contribution in [0.3, 0.4) is 0 Å². The molecule has 0 unspecified atom stereocenters. The van der Waals surface area contributed by atoms with E-state index in [0.717, 1.165) is 22.4 Å². The number of hydrogen-bond donors (Lipinski definition) is 0. The fourth-order valence-electron chi connectivity index (χ4n) is 0.941. The van der Waals surface area contributed by atoms with Gasteiger partial charge in [-0.3, -0.25) is 0 Å². The van der Waals surface area contributed by atoms with Gasteiger partial charge in [0.2, 0.25) is 5.28 Å². The van der Waals surface area contributed by atoms with Gasteiger partial charge in [0, 0.05) is 6.20 Å². The third kappa shape index (κ3) is 2.69. The second-order valence-corrected chi connectivity index (χ2v) is 4.85. The highest BCUT2D eigenvalue weighted by Gasteiger charge is 2.10. The Labute approximate surface area is 109 Å². The Morgan fingerprint density at radius 2 is 2.12 bits per heavy atom. The van der Waals surface area contributed by atoms with Gasteiger partial charge in [-0.1, -0.05) is 0 Å². The van der Waals surface area contributed by atoms with Crippen LogP contribution < -0.4 is 0 Å². The molecule has 0 N–H and O–H groups in total. The topological polar surface area (TPSA) is 38.7 Å². The zero-order valence-corrected chi connectivity index (χ0v) is 10.9. The standard InChI is InChI=1S/C9H4BrClFN3S/c10-5-2-1-3-13-7(5)16-8-6(12)4-14-9(11)15-8/h1-4H. The zero-order chi connectivity index (χ0) is 11.5. The van der Waals surface area contributed by atoms with E-state index in [0.29, 0.717) is 5.03 Å². The molecule has 0 bridgehead atoms. The van der Waals surface area contributed by atoms with E-state index < -0.39 is 5.82 Å². The minimum absolute atomic E-state index is 0.0101. The van der Waals surface area contributed by atoms with Crippen molar-refractivity contribution in [3.8, 4) is 0 Å². The van der Waals surface area contributed by atoms with Crippen molar-refractivity contribution in [1.29, 1.82) is 0 Å². The molecule has 0 fully saturated rings. The first-order chi connectivity index (χ1) is 7.66. The summed E-state index contributed by atoms with van der Waals surface area (Å²) in [5.74, 6) is -0.521. The lowest BCUT2D eigenvalue weighted by Gasteiger charge is -2.02. The number of aromatic nitrogens is 3. The van der Waals surface area contributed by atoms with Crippen molar-refractivity contribution in [3.63, 3.8) is 0 Å². The molecule has 7 heteroatoms. The summed E-state index contributed by atoms with van der Waals surface area (Å²) >= 11 is 9.99. The van der Waals surface area contributed by atoms with E-state index in [2.05, 4.69) is 30.9 Å². The van der Waals surface area contributed by atoms with Crippen LogP contribution in [-0.2, 0) is 0 Å². The maximum Gasteiger partial charge on any atom is 0.223 e. The lowest BCUT2D eigenvalue weighted by atomic mass is 10.5. The van der Waals surface area contributed by atoms with Gasteiger partial charge in [-0.15, -0.1) is 0 Å². The van der Waals surface area contributed by atoms with Crippen LogP contribution in [0.25, 0.3) is 0 Å². The maximum atomic E-state index is 13.3. The molecule has 0 aliphatic heterocycles. The number of halogens is 3. The monoisotopic (exact) mass is 319 g/mol. The molecule has 16 heavy (non-hydrogen) atoms. The van der Waals surface area contributed by atoms with Crippen molar-refractivity contribution >= 4 is 39.3 Å². The van der Waals surface area contributed by atoms with E-state index in [1.165, 1.54) is 0 Å². The predicted molar refractivity (Wildman–Crippen MR) is 63.1 cm³/mol. The molecule has 0 aliphatic carbocycles. The van der Waals surface area contributed by atoms with Crippen LogP contribution in [0, 0.1) is 5.82 Å². The molecule has 0 atom stereocenters. The van der Waals surface area contributed by atoms with Crippen LogP contribution in [-0.4, -0.2) is 15.0 Å². The molecule has 0 amide bonds. The summed E-state index contributed by atoms with van der Waals surface area (Å²) in [6, 6.07) is 3.59. The van der Waals surface area contributed by atoms with Gasteiger partial charge in [0.05, 0.1) is 10.7 Å². The SMILES string of the molecule is Fc1cnc(Cl)nc1Sc1ncccc1Br. The van der Waals surface area contributed by atoms with Crippen molar-refractivity contribution in [1.82, 2.24) is 15.0 Å². The van der Waals surface area contributed by atoms with Gasteiger partial charge < -0.3 is 0 Å². The molecule has 0 aliphatic rings. The predicted octanol–water partition coefficient (Wildman–Crippen LogP) is 3.58. The Balaban J connectivity index is 2.34. The smallest absolute Gasteiger partial charge is 0.223 e. The summed E-state index contributed by atoms with van der Waals surface area (Å²) in [4.78, 5) is 11.4. The van der Waals surface area contributed by atoms with Gasteiger partial charge in [0.15, 0.2) is 5.82 Å². The normalized spacial score (nSPS) is 10.4. The summed E-state index contributed by atoms with van der Waals surface area (Å²) in [6.45, 7) is 0. The van der Waals surface area contributed by atoms with Crippen LogP contribution in [0.2, 0.25) is 5.28 Å². The van der Waals surface area contributed by atoms with E-state index in [4.69, 9.17) is 11.6 Å². The van der Waals surface area contributed by atoms with Crippen LogP contribution in [0.5, 0.6) is 0 Å². The third-order valence-electron chi connectivity index (χ3n) is 1.60. The molecule has 3 nitrogen and oxygen atoms in total. The maximum absolute atomic E-state index is 13.3. The molecule has 0 spiro atoms. The number of nitrogens with zero attached hydrogens (tertiary/aromatic N) is 3. The zero-order valence-electron chi connectivity index (χ0n) is 7.69. The molecule has 2 aromatic rings. The average molecular weight is 321 g/mol. The third-order valence-corrected chi connectivity index (χ3v) is 3.68. The molecule has 82 valence electrons. The van der Waals surface area contributed by atoms with Gasteiger partial charge >= 0.3 is 0 Å². The Morgan fingerprint density at radius 1 is 1.31 bits per heavy atom. The van der Waals surface area contributed by atoms with Crippen molar-refractivity contribution in [2.24, 2.45) is 0 Å². The summed E-state index contributed by atoms with van der Waals surface area (Å²) in [7, 11) is 0. The van der Waals surface area contributed by atoms with Crippen molar-refractivity contribution in [3.05, 3.63) is 40.1 Å². The Kier molecular flexibility index (Phi) is 3.73. The average Bonchev–Trinajstić information content (AvgIpc) is 2.27. The van der Waals surface area contributed by atoms with Crippen molar-refractivity contribution < 1.29 is 4.39 Å². The second kappa shape index (κ2) is 5.07. The minimum Gasteiger partial charge on any atom is -0.248 e. The summed E-state index contributed by atoms with van der Waals surface area (Å²) in [6.07, 6.45) is 2.66. The number of pyridine rings is 1. The lowest BCUT2D eigenvalue weighted by molar-refractivity contribution is 0.578. The van der Waals surface area contributed by atoms with E-state index in [-0.39, 0.29) is 10.3 Å². The molecule has 0 aromatic carbocycles. The molecular weight excluding hydrogens is 317 g/mol. The van der Waals surface area contributed by atoms with Crippen molar-refractivity contribution in [2.45, 2.75) is 10.1 Å². The number of rotatable bonds is 2. The van der Waals surface area contributed by atoms with Crippen LogP contribution in [0.15, 0.2) is 39.1 Å². The van der Waals surface area contributed by atoms with Gasteiger partial charge in [0.1, 0.15) is 10.1 Å². The fraction of sp³-hybridized carbons (Fsp3) is 0. The first-order valence-corrected chi connectivity index (χ1v) is 6.12. The van der Waals surface area contributed by atoms with Gasteiger partial charge in [0.25, 0.3) is 0 Å². The van der Waals surface area contributed by atoms with E-state index in [1.54, 1.807) is 12.3 Å². The van der Waals surface area contributed by atoms with Crippen LogP contribution in [0.4, 0.5) is 4.39 Å². The molecule has 0 radical (unpaired) electrons. The van der Waals surface area contributed by atoms with E-state index in [9.17, 15) is 4.39 Å². The number of hydrogen-bond acceptors (Lipinski definition) is 4. The highest BCUT2D eigenvalue weighted by molar-refractivity contribution is 9.10. The van der Waals surface area contributed by atoms with E-state index >= 15 is 0 Å². The van der Waals surface area contributed by atoms with Crippen LogP contribution in [0.1, 0.15) is 0 Å². The molecule has 0 saturated heterocycles. The molecule has 0 saturated carbocycles. The Hall–Kier alpha value is -0.720. The summed E-state index contributed by atoms with van der Waals surface area (Å²) in [5, 5.41) is 0.784. The quantitative estimate of drug-likeness (QED) is 0.626. The lowest BCUT2D eigenvalue weighted by Crippen LogP contribution is -1.91. The first-order valence-electron chi connectivity index (χ1n) is 4.13. The first kappa shape index (κ1) is 11.8. The summed E-state index contributed by atoms with van der Waals surface area (Å²) < 4.78 is 14.1. The van der Waals surface area contributed by atoms with Gasteiger partial charge in [-0.2, -0.15) is 0 Å². The molecule has 2 heterocycles. The molecule has 2 rings (SSSR count). The highest BCUT2D eigenvalue weighted by Crippen LogP contribution is 2.31. The van der Waals surface area contributed by atoms with Gasteiger partial charge in [-0.05, 0) is 51.4 Å². The van der Waals surface area contributed by atoms with E-state index in [1.807, 2.05) is 6.07 Å². The highest BCUT2D eigenvalue weighted by atomic mass is 79.9. The van der Waals surface area contributed by atoms with Crippen molar-refractivity contribution in [2.75, 3.05) is 0 Å².